The number of fused-ring (bicyclic) bond motifs is 1. The molecule has 3 nitrogen and oxygen atoms in total. The van der Waals surface area contributed by atoms with Gasteiger partial charge in [-0.15, -0.1) is 0 Å². The Bertz CT molecular complexity index is 375. The van der Waals surface area contributed by atoms with Crippen molar-refractivity contribution in [1.82, 2.24) is 0 Å². The summed E-state index contributed by atoms with van der Waals surface area (Å²) in [6.45, 7) is 10.3. The van der Waals surface area contributed by atoms with Gasteiger partial charge in [-0.05, 0) is 45.0 Å². The van der Waals surface area contributed by atoms with Gasteiger partial charge in [0, 0.05) is 13.8 Å². The summed E-state index contributed by atoms with van der Waals surface area (Å²) in [7, 11) is -1.65. The van der Waals surface area contributed by atoms with E-state index in [1.165, 1.54) is 0 Å². The zero-order valence-electron chi connectivity index (χ0n) is 11.4. The van der Waals surface area contributed by atoms with E-state index in [4.69, 9.17) is 13.9 Å². The second kappa shape index (κ2) is 4.09. The van der Waals surface area contributed by atoms with E-state index in [0.29, 0.717) is 5.95 Å². The zero-order chi connectivity index (χ0) is 12.7. The van der Waals surface area contributed by atoms with Gasteiger partial charge in [0.2, 0.25) is 14.1 Å². The Morgan fingerprint density at radius 3 is 2.59 bits per heavy atom. The lowest BCUT2D eigenvalue weighted by atomic mass is 10.00. The Hall–Kier alpha value is -0.903. The molecule has 0 aromatic carbocycles. The maximum absolute atomic E-state index is 6.06. The number of ether oxygens (including phenoxy) is 2. The molecule has 0 saturated carbocycles. The van der Waals surface area contributed by atoms with Crippen molar-refractivity contribution >= 4 is 8.32 Å². The molecule has 0 amide bonds. The van der Waals surface area contributed by atoms with E-state index in [1.807, 2.05) is 13.8 Å². The third-order valence-electron chi connectivity index (χ3n) is 2.60. The van der Waals surface area contributed by atoms with E-state index in [-0.39, 0.29) is 0 Å². The zero-order valence-corrected chi connectivity index (χ0v) is 12.4. The average molecular weight is 254 g/mol. The maximum Gasteiger partial charge on any atom is 0.275 e. The molecule has 0 spiro atoms. The highest BCUT2D eigenvalue weighted by Crippen LogP contribution is 2.39. The van der Waals surface area contributed by atoms with Crippen molar-refractivity contribution in [2.24, 2.45) is 0 Å². The SMILES string of the molecule is CC1(C)OC2=CCCCC2=C(O[Si](C)(C)C)O1. The van der Waals surface area contributed by atoms with Gasteiger partial charge >= 0.3 is 0 Å². The summed E-state index contributed by atoms with van der Waals surface area (Å²) in [5.74, 6) is 1.04. The lowest BCUT2D eigenvalue weighted by Gasteiger charge is -2.38. The molecule has 0 aromatic heterocycles. The van der Waals surface area contributed by atoms with Crippen LogP contribution in [0, 0.1) is 0 Å². The third-order valence-corrected chi connectivity index (χ3v) is 3.40. The normalized spacial score (nSPS) is 23.2. The van der Waals surface area contributed by atoms with Crippen molar-refractivity contribution in [3.8, 4) is 0 Å². The van der Waals surface area contributed by atoms with Gasteiger partial charge in [0.25, 0.3) is 5.95 Å². The van der Waals surface area contributed by atoms with Gasteiger partial charge < -0.3 is 13.9 Å². The van der Waals surface area contributed by atoms with Crippen LogP contribution < -0.4 is 0 Å². The van der Waals surface area contributed by atoms with Gasteiger partial charge in [0.15, 0.2) is 0 Å². The average Bonchev–Trinajstić information content (AvgIpc) is 2.13. The van der Waals surface area contributed by atoms with Gasteiger partial charge in [0.1, 0.15) is 5.76 Å². The molecule has 17 heavy (non-hydrogen) atoms. The van der Waals surface area contributed by atoms with E-state index in [9.17, 15) is 0 Å². The highest BCUT2D eigenvalue weighted by Gasteiger charge is 2.36. The van der Waals surface area contributed by atoms with Crippen molar-refractivity contribution in [3.05, 3.63) is 23.4 Å². The highest BCUT2D eigenvalue weighted by molar-refractivity contribution is 6.70. The molecular formula is C13H22O3Si. The van der Waals surface area contributed by atoms with Crippen LogP contribution in [0.25, 0.3) is 0 Å². The van der Waals surface area contributed by atoms with Crippen LogP contribution in [0.15, 0.2) is 23.4 Å². The summed E-state index contributed by atoms with van der Waals surface area (Å²) in [5.41, 5.74) is 1.11. The Morgan fingerprint density at radius 1 is 1.24 bits per heavy atom. The summed E-state index contributed by atoms with van der Waals surface area (Å²) in [5, 5.41) is 0. The minimum atomic E-state index is -1.65. The standard InChI is InChI=1S/C13H22O3Si/c1-13(2)14-11-9-7-6-8-10(11)12(15-13)16-17(3,4)5/h9H,6-8H2,1-5H3. The van der Waals surface area contributed by atoms with Gasteiger partial charge in [-0.3, -0.25) is 0 Å². The molecule has 4 heteroatoms. The number of rotatable bonds is 2. The molecule has 0 radical (unpaired) electrons. The largest absolute Gasteiger partial charge is 0.519 e. The quantitative estimate of drug-likeness (QED) is 0.699. The van der Waals surface area contributed by atoms with Crippen molar-refractivity contribution in [1.29, 1.82) is 0 Å². The molecule has 2 aliphatic rings. The second-order valence-electron chi connectivity index (χ2n) is 6.05. The fourth-order valence-corrected chi connectivity index (χ4v) is 2.72. The summed E-state index contributed by atoms with van der Waals surface area (Å²) in [6.07, 6.45) is 5.36. The Morgan fingerprint density at radius 2 is 1.94 bits per heavy atom. The van der Waals surface area contributed by atoms with Crippen LogP contribution in [0.4, 0.5) is 0 Å². The summed E-state index contributed by atoms with van der Waals surface area (Å²) in [6, 6.07) is 0. The molecular weight excluding hydrogens is 232 g/mol. The lowest BCUT2D eigenvalue weighted by Crippen LogP contribution is -2.37. The molecule has 0 saturated heterocycles. The lowest BCUT2D eigenvalue weighted by molar-refractivity contribution is -0.199. The molecule has 1 aliphatic heterocycles. The molecule has 0 N–H and O–H groups in total. The Labute approximate surface area is 105 Å². The molecule has 0 unspecified atom stereocenters. The van der Waals surface area contributed by atoms with Crippen molar-refractivity contribution in [3.63, 3.8) is 0 Å². The predicted molar refractivity (Wildman–Crippen MR) is 69.6 cm³/mol. The van der Waals surface area contributed by atoms with E-state index in [2.05, 4.69) is 25.7 Å². The molecule has 1 heterocycles. The smallest absolute Gasteiger partial charge is 0.275 e. The van der Waals surface area contributed by atoms with Gasteiger partial charge in [-0.1, -0.05) is 0 Å². The first-order chi connectivity index (χ1) is 7.77. The highest BCUT2D eigenvalue weighted by atomic mass is 28.4. The van der Waals surface area contributed by atoms with Crippen LogP contribution in [0.5, 0.6) is 0 Å². The molecule has 0 atom stereocenters. The molecule has 0 bridgehead atoms. The van der Waals surface area contributed by atoms with Crippen molar-refractivity contribution in [2.45, 2.75) is 58.5 Å². The van der Waals surface area contributed by atoms with Crippen LogP contribution in [-0.4, -0.2) is 14.1 Å². The first-order valence-corrected chi connectivity index (χ1v) is 9.68. The minimum absolute atomic E-state index is 0.623. The second-order valence-corrected chi connectivity index (χ2v) is 10.5. The fraction of sp³-hybridized carbons (Fsp3) is 0.692. The van der Waals surface area contributed by atoms with E-state index < -0.39 is 14.1 Å². The number of hydrogen-bond donors (Lipinski definition) is 0. The van der Waals surface area contributed by atoms with Crippen LogP contribution >= 0.6 is 0 Å². The van der Waals surface area contributed by atoms with Crippen molar-refractivity contribution < 1.29 is 13.9 Å². The summed E-state index contributed by atoms with van der Waals surface area (Å²) in [4.78, 5) is 0. The molecule has 0 aromatic rings. The van der Waals surface area contributed by atoms with Gasteiger partial charge in [0.05, 0.1) is 5.57 Å². The summed E-state index contributed by atoms with van der Waals surface area (Å²) >= 11 is 0. The van der Waals surface area contributed by atoms with Crippen LogP contribution in [-0.2, 0) is 13.9 Å². The van der Waals surface area contributed by atoms with Crippen LogP contribution in [0.3, 0.4) is 0 Å². The fourth-order valence-electron chi connectivity index (χ4n) is 2.00. The van der Waals surface area contributed by atoms with Crippen LogP contribution in [0.2, 0.25) is 19.6 Å². The summed E-state index contributed by atoms with van der Waals surface area (Å²) < 4.78 is 17.7. The molecule has 96 valence electrons. The van der Waals surface area contributed by atoms with Gasteiger partial charge in [-0.25, -0.2) is 0 Å². The molecule has 1 aliphatic carbocycles. The monoisotopic (exact) mass is 254 g/mol. The first-order valence-electron chi connectivity index (χ1n) is 6.28. The number of hydrogen-bond acceptors (Lipinski definition) is 3. The third kappa shape index (κ3) is 3.06. The maximum atomic E-state index is 6.06. The molecule has 2 rings (SSSR count). The predicted octanol–water partition coefficient (Wildman–Crippen LogP) is 3.90. The van der Waals surface area contributed by atoms with Gasteiger partial charge in [-0.2, -0.15) is 0 Å². The Kier molecular flexibility index (Phi) is 3.02. The molecule has 0 fully saturated rings. The van der Waals surface area contributed by atoms with Crippen molar-refractivity contribution in [2.75, 3.05) is 0 Å². The topological polar surface area (TPSA) is 27.7 Å². The van der Waals surface area contributed by atoms with E-state index in [1.54, 1.807) is 0 Å². The van der Waals surface area contributed by atoms with Crippen LogP contribution in [0.1, 0.15) is 33.1 Å². The first kappa shape index (κ1) is 12.6. The van der Waals surface area contributed by atoms with E-state index in [0.717, 1.165) is 30.6 Å². The van der Waals surface area contributed by atoms with E-state index >= 15 is 0 Å². The number of allylic oxidation sites excluding steroid dienone is 2. The Balaban J connectivity index is 2.34. The minimum Gasteiger partial charge on any atom is -0.519 e.